The van der Waals surface area contributed by atoms with Crippen LogP contribution in [0.25, 0.3) is 0 Å². The summed E-state index contributed by atoms with van der Waals surface area (Å²) < 4.78 is 0. The van der Waals surface area contributed by atoms with E-state index in [1.54, 1.807) is 31.3 Å². The van der Waals surface area contributed by atoms with Crippen molar-refractivity contribution in [3.63, 3.8) is 0 Å². The first kappa shape index (κ1) is 22.9. The molecule has 2 rings (SSSR count). The van der Waals surface area contributed by atoms with Crippen LogP contribution in [0.2, 0.25) is 0 Å². The molecule has 0 saturated carbocycles. The summed E-state index contributed by atoms with van der Waals surface area (Å²) in [4.78, 5) is 36.7. The van der Waals surface area contributed by atoms with E-state index in [2.05, 4.69) is 21.3 Å². The summed E-state index contributed by atoms with van der Waals surface area (Å²) in [5.74, 6) is -0.284. The maximum absolute atomic E-state index is 12.7. The van der Waals surface area contributed by atoms with Crippen molar-refractivity contribution in [1.82, 2.24) is 16.0 Å². The van der Waals surface area contributed by atoms with Crippen molar-refractivity contribution in [2.24, 2.45) is 5.92 Å². The predicted molar refractivity (Wildman–Crippen MR) is 118 cm³/mol. The molecule has 30 heavy (non-hydrogen) atoms. The van der Waals surface area contributed by atoms with Gasteiger partial charge in [-0.1, -0.05) is 43.7 Å². The topological polar surface area (TPSA) is 99.3 Å². The van der Waals surface area contributed by atoms with Crippen LogP contribution < -0.4 is 21.3 Å². The third-order valence-corrected chi connectivity index (χ3v) is 4.54. The van der Waals surface area contributed by atoms with E-state index in [-0.39, 0.29) is 17.7 Å². The zero-order chi connectivity index (χ0) is 22.1. The molecule has 4 amide bonds. The minimum atomic E-state index is -0.679. The maximum Gasteiger partial charge on any atom is 0.315 e. The fourth-order valence-corrected chi connectivity index (χ4v) is 2.88. The highest BCUT2D eigenvalue weighted by Gasteiger charge is 2.22. The first-order valence-electron chi connectivity index (χ1n) is 10.0. The molecular formula is C23H30N4O3. The molecule has 0 aromatic heterocycles. The van der Waals surface area contributed by atoms with Crippen molar-refractivity contribution in [3.05, 3.63) is 65.2 Å². The lowest BCUT2D eigenvalue weighted by Gasteiger charge is -2.20. The van der Waals surface area contributed by atoms with Gasteiger partial charge >= 0.3 is 6.03 Å². The molecule has 160 valence electrons. The molecule has 0 radical (unpaired) electrons. The van der Waals surface area contributed by atoms with Crippen molar-refractivity contribution >= 4 is 23.5 Å². The van der Waals surface area contributed by atoms with Gasteiger partial charge in [0.1, 0.15) is 6.04 Å². The first-order valence-corrected chi connectivity index (χ1v) is 10.0. The lowest BCUT2D eigenvalue weighted by Crippen LogP contribution is -2.48. The Morgan fingerprint density at radius 2 is 1.57 bits per heavy atom. The number of carbonyl (C=O) groups is 3. The van der Waals surface area contributed by atoms with Crippen LogP contribution in [0.4, 0.5) is 10.5 Å². The normalized spacial score (nSPS) is 11.5. The highest BCUT2D eigenvalue weighted by atomic mass is 16.2. The smallest absolute Gasteiger partial charge is 0.315 e. The molecule has 1 atom stereocenters. The minimum Gasteiger partial charge on any atom is -0.355 e. The average Bonchev–Trinajstić information content (AvgIpc) is 2.72. The van der Waals surface area contributed by atoms with Crippen LogP contribution in [0, 0.1) is 12.8 Å². The van der Waals surface area contributed by atoms with E-state index < -0.39 is 12.1 Å². The average molecular weight is 411 g/mol. The Hall–Kier alpha value is -3.35. The maximum atomic E-state index is 12.7. The van der Waals surface area contributed by atoms with E-state index in [4.69, 9.17) is 0 Å². The van der Waals surface area contributed by atoms with Crippen LogP contribution in [-0.2, 0) is 11.3 Å². The number of carbonyl (C=O) groups excluding carboxylic acids is 3. The number of benzene rings is 2. The Bertz CT molecular complexity index is 861. The largest absolute Gasteiger partial charge is 0.355 e. The van der Waals surface area contributed by atoms with E-state index in [9.17, 15) is 14.4 Å². The molecule has 7 nitrogen and oxygen atoms in total. The molecule has 4 N–H and O–H groups in total. The van der Waals surface area contributed by atoms with E-state index in [0.717, 1.165) is 11.1 Å². The van der Waals surface area contributed by atoms with Gasteiger partial charge in [-0.3, -0.25) is 9.59 Å². The number of hydrogen-bond donors (Lipinski definition) is 4. The molecule has 0 aliphatic rings. The van der Waals surface area contributed by atoms with E-state index in [1.165, 1.54) is 0 Å². The Labute approximate surface area is 177 Å². The lowest BCUT2D eigenvalue weighted by atomic mass is 10.0. The second-order valence-corrected chi connectivity index (χ2v) is 7.64. The van der Waals surface area contributed by atoms with Crippen molar-refractivity contribution in [2.45, 2.75) is 39.8 Å². The number of amides is 4. The predicted octanol–water partition coefficient (Wildman–Crippen LogP) is 3.21. The number of hydrogen-bond acceptors (Lipinski definition) is 3. The van der Waals surface area contributed by atoms with Gasteiger partial charge in [-0.05, 0) is 49.1 Å². The Morgan fingerprint density at radius 3 is 2.13 bits per heavy atom. The minimum absolute atomic E-state index is 0.197. The fourth-order valence-electron chi connectivity index (χ4n) is 2.88. The summed E-state index contributed by atoms with van der Waals surface area (Å²) in [6, 6.07) is 13.4. The summed E-state index contributed by atoms with van der Waals surface area (Å²) >= 11 is 0. The molecule has 0 aliphatic carbocycles. The van der Waals surface area contributed by atoms with Crippen LogP contribution in [0.15, 0.2) is 48.5 Å². The van der Waals surface area contributed by atoms with Gasteiger partial charge in [0.15, 0.2) is 0 Å². The third-order valence-electron chi connectivity index (χ3n) is 4.54. The number of anilines is 1. The second-order valence-electron chi connectivity index (χ2n) is 7.64. The van der Waals surface area contributed by atoms with Gasteiger partial charge in [-0.15, -0.1) is 0 Å². The van der Waals surface area contributed by atoms with E-state index >= 15 is 0 Å². The highest BCUT2D eigenvalue weighted by molar-refractivity contribution is 5.98. The third kappa shape index (κ3) is 7.24. The van der Waals surface area contributed by atoms with Gasteiger partial charge in [0.05, 0.1) is 0 Å². The quantitative estimate of drug-likeness (QED) is 0.538. The SMILES string of the molecule is CNC(=O)c1ccc(NC(=O)C(CC(C)C)NC(=O)NCc2ccc(C)cc2)cc1. The van der Waals surface area contributed by atoms with Gasteiger partial charge in [-0.25, -0.2) is 4.79 Å². The molecule has 0 saturated heterocycles. The van der Waals surface area contributed by atoms with Crippen molar-refractivity contribution in [2.75, 3.05) is 12.4 Å². The standard InChI is InChI=1S/C23H30N4O3/c1-15(2)13-20(27-23(30)25-14-17-7-5-16(3)6-8-17)22(29)26-19-11-9-18(10-12-19)21(28)24-4/h5-12,15,20H,13-14H2,1-4H3,(H,24,28)(H,26,29)(H2,25,27,30). The highest BCUT2D eigenvalue weighted by Crippen LogP contribution is 2.12. The molecule has 7 heteroatoms. The van der Waals surface area contributed by atoms with Gasteiger partial charge in [0.25, 0.3) is 5.91 Å². The number of urea groups is 1. The Kier molecular flexibility index (Phi) is 8.41. The molecular weight excluding hydrogens is 380 g/mol. The molecule has 2 aromatic carbocycles. The molecule has 0 bridgehead atoms. The van der Waals surface area contributed by atoms with Crippen LogP contribution in [0.5, 0.6) is 0 Å². The van der Waals surface area contributed by atoms with Crippen LogP contribution in [0.1, 0.15) is 41.8 Å². The van der Waals surface area contributed by atoms with Gasteiger partial charge < -0.3 is 21.3 Å². The second kappa shape index (κ2) is 11.0. The molecule has 1 unspecified atom stereocenters. The summed E-state index contributed by atoms with van der Waals surface area (Å²) in [6.45, 7) is 6.36. The fraction of sp³-hybridized carbons (Fsp3) is 0.348. The molecule has 0 heterocycles. The van der Waals surface area contributed by atoms with Crippen LogP contribution >= 0.6 is 0 Å². The summed E-state index contributed by atoms with van der Waals surface area (Å²) in [7, 11) is 1.56. The zero-order valence-corrected chi connectivity index (χ0v) is 17.9. The summed E-state index contributed by atoms with van der Waals surface area (Å²) in [5, 5.41) is 10.9. The Morgan fingerprint density at radius 1 is 0.933 bits per heavy atom. The number of rotatable bonds is 8. The van der Waals surface area contributed by atoms with Crippen molar-refractivity contribution in [3.8, 4) is 0 Å². The molecule has 2 aromatic rings. The summed E-state index contributed by atoms with van der Waals surface area (Å²) in [5.41, 5.74) is 3.20. The van der Waals surface area contributed by atoms with Crippen molar-refractivity contribution in [1.29, 1.82) is 0 Å². The first-order chi connectivity index (χ1) is 14.3. The van der Waals surface area contributed by atoms with Gasteiger partial charge in [-0.2, -0.15) is 0 Å². The lowest BCUT2D eigenvalue weighted by molar-refractivity contribution is -0.118. The van der Waals surface area contributed by atoms with Crippen LogP contribution in [0.3, 0.4) is 0 Å². The van der Waals surface area contributed by atoms with Gasteiger partial charge in [0.2, 0.25) is 5.91 Å². The number of nitrogens with one attached hydrogen (secondary N) is 4. The monoisotopic (exact) mass is 410 g/mol. The Balaban J connectivity index is 1.96. The van der Waals surface area contributed by atoms with Crippen LogP contribution in [-0.4, -0.2) is 30.9 Å². The van der Waals surface area contributed by atoms with E-state index in [0.29, 0.717) is 24.2 Å². The molecule has 0 spiro atoms. The summed E-state index contributed by atoms with van der Waals surface area (Å²) in [6.07, 6.45) is 0.500. The van der Waals surface area contributed by atoms with E-state index in [1.807, 2.05) is 45.0 Å². The van der Waals surface area contributed by atoms with Gasteiger partial charge in [0, 0.05) is 24.8 Å². The molecule has 0 aliphatic heterocycles. The van der Waals surface area contributed by atoms with Crippen molar-refractivity contribution < 1.29 is 14.4 Å². The number of aryl methyl sites for hydroxylation is 1. The molecule has 0 fully saturated rings. The zero-order valence-electron chi connectivity index (χ0n) is 17.9.